The molecule has 0 saturated heterocycles. The summed E-state index contributed by atoms with van der Waals surface area (Å²) in [7, 11) is 0. The molecule has 0 aromatic heterocycles. The van der Waals surface area contributed by atoms with Gasteiger partial charge in [-0.1, -0.05) is 11.6 Å². The quantitative estimate of drug-likeness (QED) is 0.513. The first kappa shape index (κ1) is 11.8. The molecule has 74 valence electrons. The maximum Gasteiger partial charge on any atom is 0.446 e. The normalized spacial score (nSPS) is 19.0. The second kappa shape index (κ2) is 2.91. The van der Waals surface area contributed by atoms with Gasteiger partial charge in [-0.05, 0) is 4.53 Å². The molecule has 0 rings (SSSR count). The average molecular weight is 220 g/mol. The highest BCUT2D eigenvalue weighted by atomic mass is 35.5. The van der Waals surface area contributed by atoms with Crippen molar-refractivity contribution in [2.24, 2.45) is 0 Å². The van der Waals surface area contributed by atoms with Crippen molar-refractivity contribution in [3.8, 4) is 0 Å². The van der Waals surface area contributed by atoms with Crippen LogP contribution >= 0.6 is 11.6 Å². The van der Waals surface area contributed by atoms with Gasteiger partial charge in [0.1, 0.15) is 0 Å². The zero-order valence-corrected chi connectivity index (χ0v) is 5.69. The fourth-order valence-corrected chi connectivity index (χ4v) is 0.243. The molecule has 0 amide bonds. The standard InChI is InChI=1S/C3ClF7O/c4-1(5,2(6,7)8)3(9,10)12-11. The Morgan fingerprint density at radius 1 is 0.917 bits per heavy atom. The van der Waals surface area contributed by atoms with Gasteiger partial charge >= 0.3 is 17.4 Å². The molecule has 1 atom stereocenters. The van der Waals surface area contributed by atoms with Crippen LogP contribution in [0.4, 0.5) is 30.9 Å². The maximum atomic E-state index is 11.9. The molecule has 0 fully saturated rings. The largest absolute Gasteiger partial charge is 0.446 e. The number of alkyl halides is 7. The van der Waals surface area contributed by atoms with Gasteiger partial charge in [0.05, 0.1) is 0 Å². The highest BCUT2D eigenvalue weighted by Gasteiger charge is 2.73. The highest BCUT2D eigenvalue weighted by molar-refractivity contribution is 6.24. The first-order chi connectivity index (χ1) is 5.06. The van der Waals surface area contributed by atoms with Crippen molar-refractivity contribution >= 4 is 11.6 Å². The topological polar surface area (TPSA) is 9.23 Å². The molecule has 0 aliphatic rings. The van der Waals surface area contributed by atoms with Gasteiger partial charge in [0, 0.05) is 0 Å². The van der Waals surface area contributed by atoms with Crippen LogP contribution in [0.15, 0.2) is 0 Å². The molecular weight excluding hydrogens is 220 g/mol. The third-order valence-electron chi connectivity index (χ3n) is 0.818. The van der Waals surface area contributed by atoms with Crippen LogP contribution in [0.3, 0.4) is 0 Å². The van der Waals surface area contributed by atoms with Gasteiger partial charge in [0.2, 0.25) is 0 Å². The lowest BCUT2D eigenvalue weighted by Gasteiger charge is -2.25. The van der Waals surface area contributed by atoms with Gasteiger partial charge < -0.3 is 0 Å². The van der Waals surface area contributed by atoms with Crippen LogP contribution < -0.4 is 0 Å². The van der Waals surface area contributed by atoms with Gasteiger partial charge in [0.15, 0.2) is 0 Å². The lowest BCUT2D eigenvalue weighted by atomic mass is 10.3. The van der Waals surface area contributed by atoms with Crippen LogP contribution in [0.1, 0.15) is 0 Å². The second-order valence-corrected chi connectivity index (χ2v) is 2.19. The molecule has 0 bridgehead atoms. The van der Waals surface area contributed by atoms with E-state index in [-0.39, 0.29) is 0 Å². The first-order valence-corrected chi connectivity index (χ1v) is 2.56. The average Bonchev–Trinajstić information content (AvgIpc) is 1.85. The van der Waals surface area contributed by atoms with Gasteiger partial charge in [-0.15, -0.1) is 4.94 Å². The summed E-state index contributed by atoms with van der Waals surface area (Å²) in [4.78, 5) is 1.47. The Bertz CT molecular complexity index is 163. The zero-order chi connectivity index (χ0) is 10.2. The van der Waals surface area contributed by atoms with Crippen molar-refractivity contribution in [2.45, 2.75) is 17.4 Å². The Kier molecular flexibility index (Phi) is 2.85. The van der Waals surface area contributed by atoms with Crippen LogP contribution in [-0.4, -0.2) is 17.4 Å². The molecular formula is C3ClF7O. The van der Waals surface area contributed by atoms with Gasteiger partial charge in [-0.25, -0.2) is 4.39 Å². The lowest BCUT2D eigenvalue weighted by Crippen LogP contribution is -2.51. The second-order valence-electron chi connectivity index (χ2n) is 1.67. The predicted octanol–water partition coefficient (Wildman–Crippen LogP) is 2.95. The molecule has 0 heterocycles. The molecule has 12 heavy (non-hydrogen) atoms. The van der Waals surface area contributed by atoms with E-state index in [2.05, 4.69) is 11.6 Å². The van der Waals surface area contributed by atoms with E-state index in [1.54, 1.807) is 0 Å². The van der Waals surface area contributed by atoms with Crippen LogP contribution in [0.5, 0.6) is 0 Å². The van der Waals surface area contributed by atoms with E-state index in [1.807, 2.05) is 0 Å². The summed E-state index contributed by atoms with van der Waals surface area (Å²) >= 11 is 3.70. The Balaban J connectivity index is 4.85. The molecule has 0 aliphatic carbocycles. The zero-order valence-electron chi connectivity index (χ0n) is 4.93. The Morgan fingerprint density at radius 3 is 1.33 bits per heavy atom. The summed E-state index contributed by atoms with van der Waals surface area (Å²) < 4.78 is 79.7. The van der Waals surface area contributed by atoms with Crippen LogP contribution in [0, 0.1) is 0 Å². The van der Waals surface area contributed by atoms with E-state index < -0.39 is 17.4 Å². The fraction of sp³-hybridized carbons (Fsp3) is 1.00. The summed E-state index contributed by atoms with van der Waals surface area (Å²) in [5.74, 6) is 0. The summed E-state index contributed by atoms with van der Waals surface area (Å²) in [5.41, 5.74) is 0. The van der Waals surface area contributed by atoms with Crippen molar-refractivity contribution in [3.63, 3.8) is 0 Å². The highest BCUT2D eigenvalue weighted by Crippen LogP contribution is 2.48. The molecule has 0 radical (unpaired) electrons. The van der Waals surface area contributed by atoms with Crippen LogP contribution in [0.25, 0.3) is 0 Å². The van der Waals surface area contributed by atoms with E-state index in [1.165, 1.54) is 4.94 Å². The molecule has 0 aliphatic heterocycles. The molecule has 0 saturated carbocycles. The van der Waals surface area contributed by atoms with Crippen molar-refractivity contribution in [1.82, 2.24) is 0 Å². The minimum Gasteiger partial charge on any atom is -0.206 e. The predicted molar refractivity (Wildman–Crippen MR) is 22.9 cm³/mol. The van der Waals surface area contributed by atoms with E-state index >= 15 is 0 Å². The number of hydrogen-bond donors (Lipinski definition) is 0. The summed E-state index contributed by atoms with van der Waals surface area (Å²) in [5, 5.41) is -5.57. The molecule has 0 aromatic rings. The van der Waals surface area contributed by atoms with Gasteiger partial charge in [-0.3, -0.25) is 0 Å². The van der Waals surface area contributed by atoms with E-state index in [4.69, 9.17) is 0 Å². The summed E-state index contributed by atoms with van der Waals surface area (Å²) in [6, 6.07) is 0. The van der Waals surface area contributed by atoms with Crippen molar-refractivity contribution in [2.75, 3.05) is 0 Å². The Morgan fingerprint density at radius 2 is 1.25 bits per heavy atom. The number of rotatable bonds is 2. The summed E-state index contributed by atoms with van der Waals surface area (Å²) in [6.45, 7) is 0. The molecule has 0 N–H and O–H groups in total. The first-order valence-electron chi connectivity index (χ1n) is 2.18. The van der Waals surface area contributed by atoms with Crippen LogP contribution in [-0.2, 0) is 4.94 Å². The van der Waals surface area contributed by atoms with Crippen LogP contribution in [0.2, 0.25) is 0 Å². The van der Waals surface area contributed by atoms with Gasteiger partial charge in [0.25, 0.3) is 0 Å². The van der Waals surface area contributed by atoms with E-state index in [0.29, 0.717) is 0 Å². The number of hydrogen-bond acceptors (Lipinski definition) is 1. The smallest absolute Gasteiger partial charge is 0.206 e. The van der Waals surface area contributed by atoms with Crippen molar-refractivity contribution in [1.29, 1.82) is 0 Å². The van der Waals surface area contributed by atoms with E-state index in [9.17, 15) is 30.9 Å². The molecule has 9 heteroatoms. The molecule has 0 aromatic carbocycles. The third-order valence-corrected chi connectivity index (χ3v) is 1.25. The fourth-order valence-electron chi connectivity index (χ4n) is 0.213. The monoisotopic (exact) mass is 220 g/mol. The number of halogens is 8. The summed E-state index contributed by atoms with van der Waals surface area (Å²) in [6.07, 6.45) is -11.9. The van der Waals surface area contributed by atoms with Crippen molar-refractivity contribution in [3.05, 3.63) is 0 Å². The minimum atomic E-state index is -6.13. The molecule has 1 nitrogen and oxygen atoms in total. The Labute approximate surface area is 65.9 Å². The third kappa shape index (κ3) is 1.74. The SMILES string of the molecule is FOC(F)(F)C(F)(Cl)C(F)(F)F. The lowest BCUT2D eigenvalue weighted by molar-refractivity contribution is -0.419. The molecule has 0 spiro atoms. The van der Waals surface area contributed by atoms with Crippen molar-refractivity contribution < 1.29 is 35.8 Å². The van der Waals surface area contributed by atoms with Gasteiger partial charge in [-0.2, -0.15) is 22.0 Å². The minimum absolute atomic E-state index is 1.47. The maximum absolute atomic E-state index is 11.9. The van der Waals surface area contributed by atoms with E-state index in [0.717, 1.165) is 0 Å². The Hall–Kier alpha value is -0.240. The molecule has 1 unspecified atom stereocenters.